The average Bonchev–Trinajstić information content (AvgIpc) is 2.61. The predicted octanol–water partition coefficient (Wildman–Crippen LogP) is 2.53. The van der Waals surface area contributed by atoms with Gasteiger partial charge in [0, 0.05) is 25.4 Å². The first-order valence-electron chi connectivity index (χ1n) is 7.97. The van der Waals surface area contributed by atoms with Crippen LogP contribution in [0.1, 0.15) is 18.1 Å². The summed E-state index contributed by atoms with van der Waals surface area (Å²) in [6, 6.07) is 10.5. The zero-order chi connectivity index (χ0) is 17.2. The number of nitrogens with one attached hydrogen (secondary N) is 2. The van der Waals surface area contributed by atoms with Crippen LogP contribution >= 0.6 is 0 Å². The minimum Gasteiger partial charge on any atom is -0.481 e. The number of methoxy groups -OCH3 is 1. The number of nitrogens with zero attached hydrogens (tertiary/aromatic N) is 2. The molecule has 0 radical (unpaired) electrons. The Hall–Kier alpha value is -2.63. The summed E-state index contributed by atoms with van der Waals surface area (Å²) in [6.45, 7) is 3.87. The molecule has 0 atom stereocenters. The number of aromatic nitrogens is 1. The standard InChI is InChI=1S/C18H23FN4O/c1-3-20-18(21-11-10-15-6-4-5-7-16(15)19)23-13-14-8-9-17(24-2)22-12-14/h4-9,12H,3,10-11,13H2,1-2H3,(H2,20,21,23). The van der Waals surface area contributed by atoms with Gasteiger partial charge in [-0.2, -0.15) is 0 Å². The molecule has 6 heteroatoms. The first-order chi connectivity index (χ1) is 11.7. The van der Waals surface area contributed by atoms with Crippen molar-refractivity contribution in [1.82, 2.24) is 15.6 Å². The minimum absolute atomic E-state index is 0.175. The number of hydrogen-bond acceptors (Lipinski definition) is 3. The van der Waals surface area contributed by atoms with Gasteiger partial charge in [0.25, 0.3) is 0 Å². The first kappa shape index (κ1) is 17.7. The molecule has 0 aliphatic heterocycles. The molecule has 1 aromatic heterocycles. The molecule has 0 saturated carbocycles. The van der Waals surface area contributed by atoms with Crippen LogP contribution in [0, 0.1) is 5.82 Å². The Bertz CT molecular complexity index is 658. The summed E-state index contributed by atoms with van der Waals surface area (Å²) in [5.41, 5.74) is 1.68. The highest BCUT2D eigenvalue weighted by Crippen LogP contribution is 2.08. The van der Waals surface area contributed by atoms with Gasteiger partial charge >= 0.3 is 0 Å². The highest BCUT2D eigenvalue weighted by molar-refractivity contribution is 5.79. The van der Waals surface area contributed by atoms with E-state index in [1.807, 2.05) is 25.1 Å². The molecule has 1 aromatic carbocycles. The van der Waals surface area contributed by atoms with Gasteiger partial charge in [-0.05, 0) is 30.5 Å². The molecule has 128 valence electrons. The number of guanidine groups is 1. The number of benzene rings is 1. The van der Waals surface area contributed by atoms with Gasteiger partial charge in [0.1, 0.15) is 5.82 Å². The van der Waals surface area contributed by atoms with Crippen molar-refractivity contribution >= 4 is 5.96 Å². The fraction of sp³-hybridized carbons (Fsp3) is 0.333. The van der Waals surface area contributed by atoms with E-state index in [1.54, 1.807) is 25.4 Å². The van der Waals surface area contributed by atoms with Crippen LogP contribution in [0.2, 0.25) is 0 Å². The van der Waals surface area contributed by atoms with Crippen LogP contribution in [0.15, 0.2) is 47.6 Å². The summed E-state index contributed by atoms with van der Waals surface area (Å²) >= 11 is 0. The van der Waals surface area contributed by atoms with Crippen LogP contribution in [0.25, 0.3) is 0 Å². The molecule has 0 bridgehead atoms. The summed E-state index contributed by atoms with van der Waals surface area (Å²) in [5.74, 6) is 1.10. The van der Waals surface area contributed by atoms with Crippen molar-refractivity contribution in [1.29, 1.82) is 0 Å². The van der Waals surface area contributed by atoms with Crippen LogP contribution in [-0.2, 0) is 13.0 Å². The average molecular weight is 330 g/mol. The van der Waals surface area contributed by atoms with E-state index in [0.717, 1.165) is 12.1 Å². The summed E-state index contributed by atoms with van der Waals surface area (Å²) in [5, 5.41) is 6.39. The Morgan fingerprint density at radius 1 is 1.21 bits per heavy atom. The zero-order valence-electron chi connectivity index (χ0n) is 14.1. The third-order valence-electron chi connectivity index (χ3n) is 3.42. The van der Waals surface area contributed by atoms with Gasteiger partial charge in [0.2, 0.25) is 5.88 Å². The second-order valence-corrected chi connectivity index (χ2v) is 5.17. The van der Waals surface area contributed by atoms with Crippen molar-refractivity contribution in [2.45, 2.75) is 19.9 Å². The van der Waals surface area contributed by atoms with Crippen LogP contribution in [0.5, 0.6) is 5.88 Å². The van der Waals surface area contributed by atoms with E-state index >= 15 is 0 Å². The topological polar surface area (TPSA) is 58.5 Å². The van der Waals surface area contributed by atoms with Crippen molar-refractivity contribution in [3.63, 3.8) is 0 Å². The van der Waals surface area contributed by atoms with E-state index in [9.17, 15) is 4.39 Å². The number of aliphatic imine (C=N–C) groups is 1. The number of halogens is 1. The van der Waals surface area contributed by atoms with E-state index in [-0.39, 0.29) is 5.82 Å². The lowest BCUT2D eigenvalue weighted by molar-refractivity contribution is 0.397. The molecular formula is C18H23FN4O. The van der Waals surface area contributed by atoms with Gasteiger partial charge in [0.15, 0.2) is 5.96 Å². The molecule has 0 amide bonds. The van der Waals surface area contributed by atoms with Gasteiger partial charge in [0.05, 0.1) is 13.7 Å². The van der Waals surface area contributed by atoms with Crippen molar-refractivity contribution < 1.29 is 9.13 Å². The lowest BCUT2D eigenvalue weighted by Crippen LogP contribution is -2.38. The van der Waals surface area contributed by atoms with Gasteiger partial charge in [-0.25, -0.2) is 14.4 Å². The highest BCUT2D eigenvalue weighted by atomic mass is 19.1. The maximum absolute atomic E-state index is 13.6. The van der Waals surface area contributed by atoms with Crippen LogP contribution < -0.4 is 15.4 Å². The molecule has 0 aliphatic rings. The number of hydrogen-bond donors (Lipinski definition) is 2. The van der Waals surface area contributed by atoms with E-state index in [2.05, 4.69) is 20.6 Å². The smallest absolute Gasteiger partial charge is 0.212 e. The van der Waals surface area contributed by atoms with E-state index in [0.29, 0.717) is 36.9 Å². The molecule has 0 saturated heterocycles. The Morgan fingerprint density at radius 3 is 2.71 bits per heavy atom. The van der Waals surface area contributed by atoms with Crippen LogP contribution in [0.4, 0.5) is 4.39 Å². The first-order valence-corrected chi connectivity index (χ1v) is 7.97. The summed E-state index contributed by atoms with van der Waals surface area (Å²) in [4.78, 5) is 8.67. The molecule has 5 nitrogen and oxygen atoms in total. The molecule has 0 fully saturated rings. The van der Waals surface area contributed by atoms with Crippen molar-refractivity contribution in [3.05, 3.63) is 59.5 Å². The lowest BCUT2D eigenvalue weighted by atomic mass is 10.1. The second kappa shape index (κ2) is 9.50. The molecule has 0 aliphatic carbocycles. The molecular weight excluding hydrogens is 307 g/mol. The SMILES string of the molecule is CCNC(=NCc1ccc(OC)nc1)NCCc1ccccc1F. The number of ether oxygens (including phenoxy) is 1. The predicted molar refractivity (Wildman–Crippen MR) is 93.7 cm³/mol. The zero-order valence-corrected chi connectivity index (χ0v) is 14.1. The molecule has 24 heavy (non-hydrogen) atoms. The monoisotopic (exact) mass is 330 g/mol. The van der Waals surface area contributed by atoms with E-state index < -0.39 is 0 Å². The van der Waals surface area contributed by atoms with E-state index in [4.69, 9.17) is 4.74 Å². The second-order valence-electron chi connectivity index (χ2n) is 5.17. The third-order valence-corrected chi connectivity index (χ3v) is 3.42. The fourth-order valence-corrected chi connectivity index (χ4v) is 2.15. The number of pyridine rings is 1. The molecule has 0 unspecified atom stereocenters. The third kappa shape index (κ3) is 5.53. The molecule has 0 spiro atoms. The van der Waals surface area contributed by atoms with Crippen molar-refractivity contribution in [2.24, 2.45) is 4.99 Å². The molecule has 2 aromatic rings. The highest BCUT2D eigenvalue weighted by Gasteiger charge is 2.02. The van der Waals surface area contributed by atoms with Crippen molar-refractivity contribution in [2.75, 3.05) is 20.2 Å². The molecule has 2 N–H and O–H groups in total. The minimum atomic E-state index is -0.175. The van der Waals surface area contributed by atoms with Gasteiger partial charge in [-0.15, -0.1) is 0 Å². The maximum Gasteiger partial charge on any atom is 0.212 e. The molecule has 2 rings (SSSR count). The van der Waals surface area contributed by atoms with Gasteiger partial charge < -0.3 is 15.4 Å². The summed E-state index contributed by atoms with van der Waals surface area (Å²) in [6.07, 6.45) is 2.34. The molecule has 1 heterocycles. The summed E-state index contributed by atoms with van der Waals surface area (Å²) in [7, 11) is 1.59. The number of rotatable bonds is 7. The van der Waals surface area contributed by atoms with Crippen LogP contribution in [0.3, 0.4) is 0 Å². The van der Waals surface area contributed by atoms with Gasteiger partial charge in [-0.3, -0.25) is 0 Å². The Morgan fingerprint density at radius 2 is 2.04 bits per heavy atom. The van der Waals surface area contributed by atoms with Crippen molar-refractivity contribution in [3.8, 4) is 5.88 Å². The summed E-state index contributed by atoms with van der Waals surface area (Å²) < 4.78 is 18.6. The van der Waals surface area contributed by atoms with Gasteiger partial charge in [-0.1, -0.05) is 24.3 Å². The normalized spacial score (nSPS) is 11.2. The Balaban J connectivity index is 1.89. The largest absolute Gasteiger partial charge is 0.481 e. The Labute approximate surface area is 142 Å². The fourth-order valence-electron chi connectivity index (χ4n) is 2.15. The lowest BCUT2D eigenvalue weighted by Gasteiger charge is -2.11. The Kier molecular flexibility index (Phi) is 7.01. The van der Waals surface area contributed by atoms with E-state index in [1.165, 1.54) is 6.07 Å². The van der Waals surface area contributed by atoms with Crippen LogP contribution in [-0.4, -0.2) is 31.1 Å². The quantitative estimate of drug-likeness (QED) is 0.605. The maximum atomic E-state index is 13.6.